The van der Waals surface area contributed by atoms with Crippen molar-refractivity contribution in [3.63, 3.8) is 0 Å². The minimum atomic E-state index is -0.0784. The second-order valence-electron chi connectivity index (χ2n) is 6.20. The Morgan fingerprint density at radius 2 is 1.57 bits per heavy atom. The van der Waals surface area contributed by atoms with Gasteiger partial charge in [-0.05, 0) is 30.5 Å². The molecule has 0 aliphatic rings. The molecule has 0 saturated heterocycles. The maximum Gasteiger partial charge on any atom is 0.227 e. The van der Waals surface area contributed by atoms with Gasteiger partial charge in [0.05, 0.1) is 0 Å². The number of aryl methyl sites for hydroxylation is 1. The molecule has 116 valence electrons. The van der Waals surface area contributed by atoms with Crippen LogP contribution in [0.1, 0.15) is 40.2 Å². The maximum absolute atomic E-state index is 12.1. The Kier molecular flexibility index (Phi) is 5.94. The van der Waals surface area contributed by atoms with Gasteiger partial charge in [-0.1, -0.05) is 40.7 Å². The van der Waals surface area contributed by atoms with E-state index < -0.39 is 0 Å². The molecule has 1 rings (SSSR count). The minimum Gasteiger partial charge on any atom is -0.326 e. The fourth-order valence-electron chi connectivity index (χ4n) is 1.67. The first-order chi connectivity index (χ1) is 9.72. The summed E-state index contributed by atoms with van der Waals surface area (Å²) >= 11 is 0. The van der Waals surface area contributed by atoms with Gasteiger partial charge in [0.15, 0.2) is 0 Å². The quantitative estimate of drug-likeness (QED) is 0.866. The third kappa shape index (κ3) is 4.88. The molecule has 0 aromatic heterocycles. The van der Waals surface area contributed by atoms with E-state index in [-0.39, 0.29) is 29.6 Å². The van der Waals surface area contributed by atoms with Crippen LogP contribution in [-0.4, -0.2) is 11.8 Å². The number of carbonyl (C=O) groups excluding carboxylic acids is 2. The second-order valence-corrected chi connectivity index (χ2v) is 6.20. The molecule has 21 heavy (non-hydrogen) atoms. The molecule has 4 heteroatoms. The van der Waals surface area contributed by atoms with E-state index in [1.165, 1.54) is 0 Å². The molecule has 2 N–H and O–H groups in total. The Balaban J connectivity index is 2.88. The molecule has 0 aliphatic heterocycles. The van der Waals surface area contributed by atoms with Crippen LogP contribution in [0.5, 0.6) is 0 Å². The average Bonchev–Trinajstić information content (AvgIpc) is 2.41. The average molecular weight is 290 g/mol. The van der Waals surface area contributed by atoms with Crippen LogP contribution in [0.3, 0.4) is 0 Å². The maximum atomic E-state index is 12.1. The topological polar surface area (TPSA) is 58.2 Å². The van der Waals surface area contributed by atoms with E-state index in [0.717, 1.165) is 11.3 Å². The third-order valence-electron chi connectivity index (χ3n) is 3.70. The molecule has 0 saturated carbocycles. The van der Waals surface area contributed by atoms with Crippen molar-refractivity contribution >= 4 is 23.2 Å². The molecule has 0 fully saturated rings. The number of anilines is 2. The first kappa shape index (κ1) is 17.2. The Hall–Kier alpha value is -1.84. The molecule has 1 aromatic rings. The lowest BCUT2D eigenvalue weighted by molar-refractivity contribution is -0.120. The summed E-state index contributed by atoms with van der Waals surface area (Å²) in [6, 6.07) is 5.54. The fraction of sp³-hybridized carbons (Fsp3) is 0.529. The van der Waals surface area contributed by atoms with Crippen LogP contribution in [0, 0.1) is 24.7 Å². The lowest BCUT2D eigenvalue weighted by Crippen LogP contribution is -2.25. The summed E-state index contributed by atoms with van der Waals surface area (Å²) in [5, 5.41) is 5.79. The van der Waals surface area contributed by atoms with Crippen LogP contribution in [-0.2, 0) is 9.59 Å². The normalized spacial score (nSPS) is 12.4. The molecular weight excluding hydrogens is 264 g/mol. The molecule has 0 aliphatic carbocycles. The minimum absolute atomic E-state index is 0.000404. The Bertz CT molecular complexity index is 522. The molecule has 0 spiro atoms. The number of amides is 2. The van der Waals surface area contributed by atoms with Crippen LogP contribution in [0.25, 0.3) is 0 Å². The fourth-order valence-corrected chi connectivity index (χ4v) is 1.67. The van der Waals surface area contributed by atoms with Gasteiger partial charge in [-0.25, -0.2) is 0 Å². The number of hydrogen-bond donors (Lipinski definition) is 2. The predicted molar refractivity (Wildman–Crippen MR) is 87.3 cm³/mol. The number of nitrogens with one attached hydrogen (secondary N) is 2. The molecule has 0 radical (unpaired) electrons. The van der Waals surface area contributed by atoms with Gasteiger partial charge in [0.2, 0.25) is 11.8 Å². The van der Waals surface area contributed by atoms with E-state index >= 15 is 0 Å². The van der Waals surface area contributed by atoms with E-state index in [9.17, 15) is 9.59 Å². The summed E-state index contributed by atoms with van der Waals surface area (Å²) in [7, 11) is 0. The van der Waals surface area contributed by atoms with Crippen molar-refractivity contribution in [1.29, 1.82) is 0 Å². The molecule has 2 amide bonds. The summed E-state index contributed by atoms with van der Waals surface area (Å²) in [6.45, 7) is 11.6. The number of hydrogen-bond acceptors (Lipinski definition) is 2. The highest BCUT2D eigenvalue weighted by Gasteiger charge is 2.17. The largest absolute Gasteiger partial charge is 0.326 e. The van der Waals surface area contributed by atoms with Crippen LogP contribution in [0.4, 0.5) is 11.4 Å². The zero-order valence-electron chi connectivity index (χ0n) is 13.8. The monoisotopic (exact) mass is 290 g/mol. The summed E-state index contributed by atoms with van der Waals surface area (Å²) in [5.41, 5.74) is 2.42. The molecule has 0 bridgehead atoms. The molecule has 1 atom stereocenters. The summed E-state index contributed by atoms with van der Waals surface area (Å²) in [6.07, 6.45) is 0. The molecule has 1 unspecified atom stereocenters. The highest BCUT2D eigenvalue weighted by molar-refractivity contribution is 5.96. The summed E-state index contributed by atoms with van der Waals surface area (Å²) in [4.78, 5) is 23.9. The Labute approximate surface area is 127 Å². The van der Waals surface area contributed by atoms with Crippen LogP contribution in [0.2, 0.25) is 0 Å². The van der Waals surface area contributed by atoms with Gasteiger partial charge in [-0.3, -0.25) is 9.59 Å². The highest BCUT2D eigenvalue weighted by atomic mass is 16.2. The molecule has 0 heterocycles. The zero-order chi connectivity index (χ0) is 16.2. The van der Waals surface area contributed by atoms with Crippen LogP contribution in [0.15, 0.2) is 18.2 Å². The van der Waals surface area contributed by atoms with Gasteiger partial charge >= 0.3 is 0 Å². The Morgan fingerprint density at radius 1 is 0.952 bits per heavy atom. The van der Waals surface area contributed by atoms with Gasteiger partial charge in [-0.2, -0.15) is 0 Å². The highest BCUT2D eigenvalue weighted by Crippen LogP contribution is 2.22. The number of benzene rings is 1. The van der Waals surface area contributed by atoms with E-state index in [4.69, 9.17) is 0 Å². The SMILES string of the molecule is Cc1ccc(NC(=O)C(C)C)cc1NC(=O)C(C)C(C)C. The van der Waals surface area contributed by atoms with Crippen molar-refractivity contribution < 1.29 is 9.59 Å². The van der Waals surface area contributed by atoms with Crippen molar-refractivity contribution in [2.24, 2.45) is 17.8 Å². The van der Waals surface area contributed by atoms with Crippen molar-refractivity contribution in [3.05, 3.63) is 23.8 Å². The van der Waals surface area contributed by atoms with E-state index in [1.807, 2.05) is 53.7 Å². The van der Waals surface area contributed by atoms with Gasteiger partial charge < -0.3 is 10.6 Å². The zero-order valence-corrected chi connectivity index (χ0v) is 13.8. The van der Waals surface area contributed by atoms with E-state index in [0.29, 0.717) is 5.69 Å². The van der Waals surface area contributed by atoms with Crippen molar-refractivity contribution in [3.8, 4) is 0 Å². The number of carbonyl (C=O) groups is 2. The third-order valence-corrected chi connectivity index (χ3v) is 3.70. The van der Waals surface area contributed by atoms with Gasteiger partial charge in [-0.15, -0.1) is 0 Å². The molecule has 4 nitrogen and oxygen atoms in total. The van der Waals surface area contributed by atoms with Crippen molar-refractivity contribution in [1.82, 2.24) is 0 Å². The smallest absolute Gasteiger partial charge is 0.227 e. The number of rotatable bonds is 5. The van der Waals surface area contributed by atoms with Gasteiger partial charge in [0.1, 0.15) is 0 Å². The predicted octanol–water partition coefficient (Wildman–Crippen LogP) is 3.82. The van der Waals surface area contributed by atoms with Gasteiger partial charge in [0.25, 0.3) is 0 Å². The summed E-state index contributed by atoms with van der Waals surface area (Å²) in [5.74, 6) is 0.116. The van der Waals surface area contributed by atoms with Crippen molar-refractivity contribution in [2.45, 2.75) is 41.5 Å². The lowest BCUT2D eigenvalue weighted by Gasteiger charge is -2.17. The molecule has 1 aromatic carbocycles. The Morgan fingerprint density at radius 3 is 2.10 bits per heavy atom. The summed E-state index contributed by atoms with van der Waals surface area (Å²) < 4.78 is 0. The van der Waals surface area contributed by atoms with Gasteiger partial charge in [0, 0.05) is 23.2 Å². The van der Waals surface area contributed by atoms with E-state index in [1.54, 1.807) is 6.07 Å². The van der Waals surface area contributed by atoms with Crippen LogP contribution >= 0.6 is 0 Å². The standard InChI is InChI=1S/C17H26N2O2/c1-10(2)13(6)17(21)19-15-9-14(8-7-12(15)5)18-16(20)11(3)4/h7-11,13H,1-6H3,(H,18,20)(H,19,21). The molecular formula is C17H26N2O2. The van der Waals surface area contributed by atoms with Crippen molar-refractivity contribution in [2.75, 3.05) is 10.6 Å². The lowest BCUT2D eigenvalue weighted by atomic mass is 9.97. The first-order valence-electron chi connectivity index (χ1n) is 7.44. The first-order valence-corrected chi connectivity index (χ1v) is 7.44. The van der Waals surface area contributed by atoms with E-state index in [2.05, 4.69) is 10.6 Å². The second kappa shape index (κ2) is 7.25. The van der Waals surface area contributed by atoms with Crippen LogP contribution < -0.4 is 10.6 Å².